The summed E-state index contributed by atoms with van der Waals surface area (Å²) in [7, 11) is 1.30. The third-order valence-electron chi connectivity index (χ3n) is 2.71. The molecule has 0 bridgehead atoms. The molecule has 20 heavy (non-hydrogen) atoms. The molecule has 2 aromatic carbocycles. The summed E-state index contributed by atoms with van der Waals surface area (Å²) in [5.74, 6) is -0.0278. The molecule has 0 aliphatic rings. The van der Waals surface area contributed by atoms with Gasteiger partial charge in [-0.1, -0.05) is 30.3 Å². The molecule has 0 atom stereocenters. The van der Waals surface area contributed by atoms with E-state index in [1.807, 2.05) is 36.4 Å². The number of hydrogen-bond donors (Lipinski definition) is 0. The van der Waals surface area contributed by atoms with Crippen molar-refractivity contribution < 1.29 is 14.3 Å². The van der Waals surface area contributed by atoms with Gasteiger partial charge in [0.05, 0.1) is 24.3 Å². The van der Waals surface area contributed by atoms with Gasteiger partial charge in [0, 0.05) is 0 Å². The van der Waals surface area contributed by atoms with Gasteiger partial charge in [0.1, 0.15) is 12.4 Å². The number of methoxy groups -OCH3 is 1. The van der Waals surface area contributed by atoms with Crippen molar-refractivity contribution in [1.82, 2.24) is 0 Å². The second-order valence-electron chi connectivity index (χ2n) is 4.12. The lowest BCUT2D eigenvalue weighted by Gasteiger charge is -2.08. The van der Waals surface area contributed by atoms with Crippen LogP contribution in [0.4, 0.5) is 0 Å². The van der Waals surface area contributed by atoms with Gasteiger partial charge in [0.25, 0.3) is 0 Å². The topological polar surface area (TPSA) is 59.3 Å². The zero-order valence-electron chi connectivity index (χ0n) is 11.0. The molecule has 0 amide bonds. The molecule has 100 valence electrons. The summed E-state index contributed by atoms with van der Waals surface area (Å²) >= 11 is 0. The fourth-order valence-corrected chi connectivity index (χ4v) is 1.72. The van der Waals surface area contributed by atoms with Gasteiger partial charge in [-0.05, 0) is 23.8 Å². The first-order valence-electron chi connectivity index (χ1n) is 6.03. The van der Waals surface area contributed by atoms with Gasteiger partial charge in [-0.2, -0.15) is 5.26 Å². The Balaban J connectivity index is 2.19. The highest BCUT2D eigenvalue weighted by molar-refractivity contribution is 5.90. The van der Waals surface area contributed by atoms with Crippen molar-refractivity contribution in [3.63, 3.8) is 0 Å². The molecule has 0 radical (unpaired) electrons. The summed E-state index contributed by atoms with van der Waals surface area (Å²) in [6.45, 7) is 0.371. The number of esters is 1. The van der Waals surface area contributed by atoms with E-state index in [9.17, 15) is 4.79 Å². The molecule has 4 nitrogen and oxygen atoms in total. The zero-order valence-corrected chi connectivity index (χ0v) is 11.0. The van der Waals surface area contributed by atoms with Crippen molar-refractivity contribution in [3.05, 3.63) is 65.2 Å². The van der Waals surface area contributed by atoms with E-state index in [-0.39, 0.29) is 0 Å². The maximum absolute atomic E-state index is 11.5. The average Bonchev–Trinajstić information content (AvgIpc) is 2.52. The third-order valence-corrected chi connectivity index (χ3v) is 2.71. The maximum atomic E-state index is 11.5. The van der Waals surface area contributed by atoms with E-state index in [0.717, 1.165) is 5.56 Å². The summed E-state index contributed by atoms with van der Waals surface area (Å²) in [5.41, 5.74) is 1.67. The highest BCUT2D eigenvalue weighted by atomic mass is 16.5. The smallest absolute Gasteiger partial charge is 0.338 e. The van der Waals surface area contributed by atoms with Crippen molar-refractivity contribution in [2.75, 3.05) is 7.11 Å². The Labute approximate surface area is 117 Å². The molecule has 0 aliphatic heterocycles. The first-order valence-corrected chi connectivity index (χ1v) is 6.03. The molecule has 0 saturated heterocycles. The van der Waals surface area contributed by atoms with Crippen molar-refractivity contribution in [3.8, 4) is 11.8 Å². The SMILES string of the molecule is COC(=O)c1cc(C#N)cc(OCc2ccccc2)c1. The van der Waals surface area contributed by atoms with Crippen molar-refractivity contribution in [2.45, 2.75) is 6.61 Å². The fourth-order valence-electron chi connectivity index (χ4n) is 1.72. The Hall–Kier alpha value is -2.80. The lowest BCUT2D eigenvalue weighted by Crippen LogP contribution is -2.03. The van der Waals surface area contributed by atoms with Crippen LogP contribution < -0.4 is 4.74 Å². The molecule has 0 N–H and O–H groups in total. The number of rotatable bonds is 4. The van der Waals surface area contributed by atoms with Crippen LogP contribution in [0.2, 0.25) is 0 Å². The van der Waals surface area contributed by atoms with Crippen LogP contribution in [0.25, 0.3) is 0 Å². The first-order chi connectivity index (χ1) is 9.72. The number of carbonyl (C=O) groups is 1. The Morgan fingerprint density at radius 1 is 1.20 bits per heavy atom. The van der Waals surface area contributed by atoms with E-state index >= 15 is 0 Å². The molecular formula is C16H13NO3. The summed E-state index contributed by atoms with van der Waals surface area (Å²) in [6.07, 6.45) is 0. The maximum Gasteiger partial charge on any atom is 0.338 e. The van der Waals surface area contributed by atoms with Gasteiger partial charge in [-0.3, -0.25) is 0 Å². The largest absolute Gasteiger partial charge is 0.489 e. The summed E-state index contributed by atoms with van der Waals surface area (Å²) < 4.78 is 10.3. The molecule has 0 fully saturated rings. The molecule has 2 rings (SSSR count). The molecule has 2 aromatic rings. The Kier molecular flexibility index (Phi) is 4.35. The highest BCUT2D eigenvalue weighted by Gasteiger charge is 2.09. The first kappa shape index (κ1) is 13.6. The van der Waals surface area contributed by atoms with Crippen molar-refractivity contribution in [1.29, 1.82) is 5.26 Å². The Bertz CT molecular complexity index is 645. The van der Waals surface area contributed by atoms with Crippen molar-refractivity contribution >= 4 is 5.97 Å². The van der Waals surface area contributed by atoms with Gasteiger partial charge >= 0.3 is 5.97 Å². The van der Waals surface area contributed by atoms with Gasteiger partial charge < -0.3 is 9.47 Å². The summed E-state index contributed by atoms with van der Waals surface area (Å²) in [4.78, 5) is 11.5. The monoisotopic (exact) mass is 267 g/mol. The van der Waals surface area contributed by atoms with E-state index in [0.29, 0.717) is 23.5 Å². The predicted octanol–water partition coefficient (Wildman–Crippen LogP) is 2.92. The van der Waals surface area contributed by atoms with Crippen LogP contribution in [0.3, 0.4) is 0 Å². The van der Waals surface area contributed by atoms with Crippen LogP contribution >= 0.6 is 0 Å². The molecule has 4 heteroatoms. The number of carbonyl (C=O) groups excluding carboxylic acids is 1. The summed E-state index contributed by atoms with van der Waals surface area (Å²) in [6, 6.07) is 16.3. The lowest BCUT2D eigenvalue weighted by atomic mass is 10.1. The standard InChI is InChI=1S/C16H13NO3/c1-19-16(18)14-7-13(10-17)8-15(9-14)20-11-12-5-3-2-4-6-12/h2-9H,11H2,1H3. The number of ether oxygens (including phenoxy) is 2. The minimum atomic E-state index is -0.494. The molecule has 0 saturated carbocycles. The van der Waals surface area contributed by atoms with Crippen LogP contribution in [0, 0.1) is 11.3 Å². The number of nitriles is 1. The fraction of sp³-hybridized carbons (Fsp3) is 0.125. The normalized spacial score (nSPS) is 9.60. The van der Waals surface area contributed by atoms with Gasteiger partial charge in [0.15, 0.2) is 0 Å². The second kappa shape index (κ2) is 6.39. The Morgan fingerprint density at radius 3 is 2.60 bits per heavy atom. The van der Waals surface area contributed by atoms with Crippen molar-refractivity contribution in [2.24, 2.45) is 0 Å². The van der Waals surface area contributed by atoms with E-state index in [2.05, 4.69) is 4.74 Å². The van der Waals surface area contributed by atoms with E-state index in [4.69, 9.17) is 10.00 Å². The van der Waals surface area contributed by atoms with E-state index in [1.54, 1.807) is 12.1 Å². The van der Waals surface area contributed by atoms with Crippen LogP contribution in [-0.4, -0.2) is 13.1 Å². The second-order valence-corrected chi connectivity index (χ2v) is 4.12. The van der Waals surface area contributed by atoms with E-state index in [1.165, 1.54) is 13.2 Å². The van der Waals surface area contributed by atoms with Crippen LogP contribution in [-0.2, 0) is 11.3 Å². The quantitative estimate of drug-likeness (QED) is 0.799. The minimum absolute atomic E-state index is 0.301. The highest BCUT2D eigenvalue weighted by Crippen LogP contribution is 2.19. The lowest BCUT2D eigenvalue weighted by molar-refractivity contribution is 0.0600. The molecule has 0 spiro atoms. The van der Waals surface area contributed by atoms with Gasteiger partial charge in [-0.25, -0.2) is 4.79 Å². The minimum Gasteiger partial charge on any atom is -0.489 e. The number of nitrogens with zero attached hydrogens (tertiary/aromatic N) is 1. The van der Waals surface area contributed by atoms with E-state index < -0.39 is 5.97 Å². The van der Waals surface area contributed by atoms with Crippen LogP contribution in [0.15, 0.2) is 48.5 Å². The molecule has 0 heterocycles. The van der Waals surface area contributed by atoms with Gasteiger partial charge in [0.2, 0.25) is 0 Å². The van der Waals surface area contributed by atoms with Crippen LogP contribution in [0.1, 0.15) is 21.5 Å². The number of hydrogen-bond acceptors (Lipinski definition) is 4. The molecule has 0 aliphatic carbocycles. The average molecular weight is 267 g/mol. The Morgan fingerprint density at radius 2 is 1.95 bits per heavy atom. The zero-order chi connectivity index (χ0) is 14.4. The predicted molar refractivity (Wildman–Crippen MR) is 73.3 cm³/mol. The third kappa shape index (κ3) is 3.36. The molecular weight excluding hydrogens is 254 g/mol. The summed E-state index contributed by atoms with van der Waals surface area (Å²) in [5, 5.41) is 8.97. The van der Waals surface area contributed by atoms with Crippen LogP contribution in [0.5, 0.6) is 5.75 Å². The molecule has 0 unspecified atom stereocenters. The number of benzene rings is 2. The molecule has 0 aromatic heterocycles. The van der Waals surface area contributed by atoms with Gasteiger partial charge in [-0.15, -0.1) is 0 Å².